The summed E-state index contributed by atoms with van der Waals surface area (Å²) in [5.41, 5.74) is 3.73. The second-order valence-corrected chi connectivity index (χ2v) is 8.11. The molecule has 0 aliphatic carbocycles. The summed E-state index contributed by atoms with van der Waals surface area (Å²) >= 11 is 1.64. The molecule has 144 valence electrons. The zero-order valence-corrected chi connectivity index (χ0v) is 17.4. The number of aryl methyl sites for hydroxylation is 3. The van der Waals surface area contributed by atoms with Crippen molar-refractivity contribution in [2.45, 2.75) is 27.4 Å². The molecule has 0 N–H and O–H groups in total. The van der Waals surface area contributed by atoms with Crippen LogP contribution in [0, 0.1) is 20.8 Å². The highest BCUT2D eigenvalue weighted by atomic mass is 32.1. The molecule has 0 bridgehead atoms. The Bertz CT molecular complexity index is 1010. The lowest BCUT2D eigenvalue weighted by Gasteiger charge is -2.12. The van der Waals surface area contributed by atoms with Crippen molar-refractivity contribution in [3.05, 3.63) is 86.6 Å². The van der Waals surface area contributed by atoms with Crippen LogP contribution in [0.2, 0.25) is 0 Å². The van der Waals surface area contributed by atoms with Gasteiger partial charge in [0, 0.05) is 20.9 Å². The zero-order valence-electron chi connectivity index (χ0n) is 16.6. The summed E-state index contributed by atoms with van der Waals surface area (Å²) in [5, 5.41) is 0. The maximum Gasteiger partial charge on any atom is 0.186 e. The molecular weight excluding hydrogens is 368 g/mol. The lowest BCUT2D eigenvalue weighted by Crippen LogP contribution is -2.00. The van der Waals surface area contributed by atoms with Crippen molar-refractivity contribution in [2.24, 2.45) is 0 Å². The summed E-state index contributed by atoms with van der Waals surface area (Å²) in [6.07, 6.45) is 3.47. The van der Waals surface area contributed by atoms with Gasteiger partial charge in [-0.15, -0.1) is 11.3 Å². The van der Waals surface area contributed by atoms with Crippen LogP contribution < -0.4 is 9.47 Å². The van der Waals surface area contributed by atoms with Gasteiger partial charge in [-0.1, -0.05) is 30.3 Å². The molecule has 0 atom stereocenters. The second kappa shape index (κ2) is 8.89. The molecule has 0 aliphatic rings. The van der Waals surface area contributed by atoms with Crippen molar-refractivity contribution in [2.75, 3.05) is 7.11 Å². The van der Waals surface area contributed by atoms with E-state index in [0.717, 1.165) is 43.5 Å². The van der Waals surface area contributed by atoms with E-state index in [-0.39, 0.29) is 5.78 Å². The molecule has 0 saturated heterocycles. The Balaban J connectivity index is 1.77. The summed E-state index contributed by atoms with van der Waals surface area (Å²) in [6, 6.07) is 15.7. The molecule has 0 fully saturated rings. The Hall–Kier alpha value is -2.85. The van der Waals surface area contributed by atoms with E-state index in [0.29, 0.717) is 6.61 Å². The van der Waals surface area contributed by atoms with Crippen LogP contribution in [0.3, 0.4) is 0 Å². The van der Waals surface area contributed by atoms with E-state index in [1.807, 2.05) is 75.4 Å². The average molecular weight is 393 g/mol. The van der Waals surface area contributed by atoms with Gasteiger partial charge in [-0.05, 0) is 62.2 Å². The van der Waals surface area contributed by atoms with Crippen LogP contribution in [-0.2, 0) is 6.61 Å². The van der Waals surface area contributed by atoms with Crippen molar-refractivity contribution >= 4 is 23.2 Å². The Morgan fingerprint density at radius 1 is 1.04 bits per heavy atom. The third kappa shape index (κ3) is 4.70. The van der Waals surface area contributed by atoms with Gasteiger partial charge < -0.3 is 9.47 Å². The molecule has 2 aromatic carbocycles. The molecule has 0 spiro atoms. The third-order valence-corrected chi connectivity index (χ3v) is 5.48. The highest BCUT2D eigenvalue weighted by Gasteiger charge is 2.10. The maximum absolute atomic E-state index is 12.5. The van der Waals surface area contributed by atoms with Gasteiger partial charge in [-0.3, -0.25) is 4.79 Å². The molecule has 0 aliphatic heterocycles. The number of ketones is 1. The molecule has 0 unspecified atom stereocenters. The van der Waals surface area contributed by atoms with Gasteiger partial charge in [-0.25, -0.2) is 0 Å². The molecule has 3 rings (SSSR count). The van der Waals surface area contributed by atoms with Gasteiger partial charge in [0.1, 0.15) is 18.1 Å². The molecule has 4 heteroatoms. The summed E-state index contributed by atoms with van der Waals surface area (Å²) < 4.78 is 11.4. The fraction of sp³-hybridized carbons (Fsp3) is 0.208. The topological polar surface area (TPSA) is 35.5 Å². The predicted octanol–water partition coefficient (Wildman–Crippen LogP) is 6.16. The first kappa shape index (κ1) is 19.9. The molecule has 0 radical (unpaired) electrons. The fourth-order valence-corrected chi connectivity index (χ4v) is 3.96. The van der Waals surface area contributed by atoms with E-state index in [1.54, 1.807) is 24.5 Å². The molecule has 3 aromatic rings. The van der Waals surface area contributed by atoms with E-state index >= 15 is 0 Å². The third-order valence-electron chi connectivity index (χ3n) is 4.51. The number of para-hydroxylation sites is 1. The Labute approximate surface area is 170 Å². The first-order valence-electron chi connectivity index (χ1n) is 9.12. The van der Waals surface area contributed by atoms with Gasteiger partial charge in [-0.2, -0.15) is 0 Å². The van der Waals surface area contributed by atoms with Crippen LogP contribution >= 0.6 is 11.3 Å². The molecule has 0 saturated carbocycles. The van der Waals surface area contributed by atoms with Crippen molar-refractivity contribution in [1.82, 2.24) is 0 Å². The number of hydrogen-bond donors (Lipinski definition) is 0. The lowest BCUT2D eigenvalue weighted by molar-refractivity contribution is 0.104. The van der Waals surface area contributed by atoms with Crippen molar-refractivity contribution in [3.8, 4) is 11.5 Å². The number of benzene rings is 2. The summed E-state index contributed by atoms with van der Waals surface area (Å²) in [4.78, 5) is 14.7. The van der Waals surface area contributed by atoms with Crippen LogP contribution in [0.1, 0.15) is 36.8 Å². The van der Waals surface area contributed by atoms with Crippen molar-refractivity contribution < 1.29 is 14.3 Å². The molecule has 1 aromatic heterocycles. The lowest BCUT2D eigenvalue weighted by atomic mass is 10.1. The first-order valence-corrected chi connectivity index (χ1v) is 9.94. The van der Waals surface area contributed by atoms with Gasteiger partial charge in [0.25, 0.3) is 0 Å². The Morgan fingerprint density at radius 3 is 2.50 bits per heavy atom. The van der Waals surface area contributed by atoms with Crippen LogP contribution in [0.5, 0.6) is 11.5 Å². The van der Waals surface area contributed by atoms with Gasteiger partial charge in [0.15, 0.2) is 5.78 Å². The van der Waals surface area contributed by atoms with Gasteiger partial charge in [0.2, 0.25) is 0 Å². The minimum atomic E-state index is 0.0235. The average Bonchev–Trinajstić information content (AvgIpc) is 3.03. The number of ether oxygens (including phenoxy) is 2. The normalized spacial score (nSPS) is 11.0. The highest BCUT2D eigenvalue weighted by Crippen LogP contribution is 2.25. The number of hydrogen-bond acceptors (Lipinski definition) is 4. The minimum absolute atomic E-state index is 0.0235. The van der Waals surface area contributed by atoms with E-state index in [4.69, 9.17) is 9.47 Å². The predicted molar refractivity (Wildman–Crippen MR) is 116 cm³/mol. The van der Waals surface area contributed by atoms with Crippen LogP contribution in [0.15, 0.2) is 54.6 Å². The number of thiophene rings is 1. The van der Waals surface area contributed by atoms with E-state index < -0.39 is 0 Å². The van der Waals surface area contributed by atoms with Crippen molar-refractivity contribution in [1.29, 1.82) is 0 Å². The Kier molecular flexibility index (Phi) is 6.32. The van der Waals surface area contributed by atoms with Gasteiger partial charge >= 0.3 is 0 Å². The molecule has 0 amide bonds. The quantitative estimate of drug-likeness (QED) is 0.357. The summed E-state index contributed by atoms with van der Waals surface area (Å²) in [7, 11) is 1.65. The second-order valence-electron chi connectivity index (χ2n) is 6.65. The molecule has 3 nitrogen and oxygen atoms in total. The summed E-state index contributed by atoms with van der Waals surface area (Å²) in [6.45, 7) is 6.41. The number of allylic oxidation sites excluding steroid dienone is 1. The number of carbonyl (C=O) groups is 1. The number of methoxy groups -OCH3 is 1. The van der Waals surface area contributed by atoms with Crippen LogP contribution in [0.4, 0.5) is 0 Å². The number of carbonyl (C=O) groups excluding carboxylic acids is 1. The maximum atomic E-state index is 12.5. The van der Waals surface area contributed by atoms with E-state index in [2.05, 4.69) is 0 Å². The van der Waals surface area contributed by atoms with E-state index in [9.17, 15) is 4.79 Å². The fourth-order valence-electron chi connectivity index (χ4n) is 3.03. The van der Waals surface area contributed by atoms with Gasteiger partial charge in [0.05, 0.1) is 7.11 Å². The van der Waals surface area contributed by atoms with Crippen molar-refractivity contribution in [3.63, 3.8) is 0 Å². The van der Waals surface area contributed by atoms with Crippen LogP contribution in [0.25, 0.3) is 6.08 Å². The SMILES string of the molecule is COc1ccc(/C=C/C(=O)c2cc(C)sc2C)cc1COc1ccccc1C. The Morgan fingerprint density at radius 2 is 1.82 bits per heavy atom. The molecule has 1 heterocycles. The monoisotopic (exact) mass is 392 g/mol. The standard InChI is InChI=1S/C24H24O3S/c1-16-7-5-6-8-23(16)27-15-20-14-19(10-12-24(20)26-4)9-11-22(25)21-13-17(2)28-18(21)3/h5-14H,15H2,1-4H3/b11-9+. The largest absolute Gasteiger partial charge is 0.496 e. The smallest absolute Gasteiger partial charge is 0.186 e. The zero-order chi connectivity index (χ0) is 20.1. The van der Waals surface area contributed by atoms with E-state index in [1.165, 1.54) is 0 Å². The number of rotatable bonds is 7. The highest BCUT2D eigenvalue weighted by molar-refractivity contribution is 7.12. The minimum Gasteiger partial charge on any atom is -0.496 e. The summed E-state index contributed by atoms with van der Waals surface area (Å²) in [5.74, 6) is 1.64. The first-order chi connectivity index (χ1) is 13.5. The molecular formula is C24H24O3S. The molecule has 28 heavy (non-hydrogen) atoms. The van der Waals surface area contributed by atoms with Crippen LogP contribution in [-0.4, -0.2) is 12.9 Å².